The molecule has 0 bridgehead atoms. The van der Waals surface area contributed by atoms with Crippen molar-refractivity contribution in [3.63, 3.8) is 0 Å². The minimum absolute atomic E-state index is 0.625. The molecule has 140 valence electrons. The van der Waals surface area contributed by atoms with Crippen LogP contribution in [-0.4, -0.2) is 43.7 Å². The molecule has 5 nitrogen and oxygen atoms in total. The fourth-order valence-electron chi connectivity index (χ4n) is 3.10. The van der Waals surface area contributed by atoms with E-state index in [1.807, 2.05) is 32.3 Å². The maximum Gasteiger partial charge on any atom is 0.197 e. The highest BCUT2D eigenvalue weighted by molar-refractivity contribution is 7.23. The number of anilines is 2. The summed E-state index contributed by atoms with van der Waals surface area (Å²) in [6.45, 7) is 1.33. The standard InChI is InChI=1S/C20H21ClN4OS/c1-24(2)15-7-4-13(5-8-15)18-19(22-10-11-26-3)25-16-9-6-14(21)12-17(16)27-20(25)23-18/h4-9,12,22H,10-11H2,1-3H3. The molecule has 2 heterocycles. The number of nitrogens with one attached hydrogen (secondary N) is 1. The van der Waals surface area contributed by atoms with Crippen LogP contribution in [-0.2, 0) is 4.74 Å². The number of nitrogens with zero attached hydrogens (tertiary/aromatic N) is 3. The Bertz CT molecular complexity index is 1080. The molecule has 0 aliphatic carbocycles. The van der Waals surface area contributed by atoms with Crippen molar-refractivity contribution in [3.8, 4) is 11.3 Å². The lowest BCUT2D eigenvalue weighted by atomic mass is 10.1. The highest BCUT2D eigenvalue weighted by Gasteiger charge is 2.18. The average Bonchev–Trinajstić information content (AvgIpc) is 3.18. The molecule has 27 heavy (non-hydrogen) atoms. The first-order chi connectivity index (χ1) is 13.1. The fraction of sp³-hybridized carbons (Fsp3) is 0.250. The molecule has 0 spiro atoms. The summed E-state index contributed by atoms with van der Waals surface area (Å²) in [6, 6.07) is 14.4. The second-order valence-electron chi connectivity index (χ2n) is 6.50. The number of imidazole rings is 1. The van der Waals surface area contributed by atoms with Crippen LogP contribution in [0.1, 0.15) is 0 Å². The minimum Gasteiger partial charge on any atom is -0.383 e. The van der Waals surface area contributed by atoms with E-state index in [0.29, 0.717) is 13.2 Å². The van der Waals surface area contributed by atoms with Gasteiger partial charge in [-0.3, -0.25) is 4.40 Å². The zero-order chi connectivity index (χ0) is 19.0. The lowest BCUT2D eigenvalue weighted by Crippen LogP contribution is -2.10. The molecule has 2 aromatic heterocycles. The van der Waals surface area contributed by atoms with Crippen molar-refractivity contribution in [1.82, 2.24) is 9.38 Å². The van der Waals surface area contributed by atoms with E-state index in [2.05, 4.69) is 38.9 Å². The summed E-state index contributed by atoms with van der Waals surface area (Å²) >= 11 is 7.80. The van der Waals surface area contributed by atoms with Gasteiger partial charge in [0.05, 0.1) is 16.8 Å². The normalized spacial score (nSPS) is 11.4. The molecule has 0 aliphatic rings. The first kappa shape index (κ1) is 18.1. The van der Waals surface area contributed by atoms with Crippen molar-refractivity contribution in [2.75, 3.05) is 44.6 Å². The van der Waals surface area contributed by atoms with Gasteiger partial charge in [-0.1, -0.05) is 35.1 Å². The van der Waals surface area contributed by atoms with Crippen molar-refractivity contribution in [3.05, 3.63) is 47.5 Å². The van der Waals surface area contributed by atoms with Gasteiger partial charge >= 0.3 is 0 Å². The van der Waals surface area contributed by atoms with Crippen LogP contribution in [0.2, 0.25) is 5.02 Å². The number of aromatic nitrogens is 2. The Kier molecular flexibility index (Phi) is 4.95. The summed E-state index contributed by atoms with van der Waals surface area (Å²) in [6.07, 6.45) is 0. The van der Waals surface area contributed by atoms with Crippen molar-refractivity contribution >= 4 is 49.6 Å². The van der Waals surface area contributed by atoms with Crippen molar-refractivity contribution in [2.45, 2.75) is 0 Å². The largest absolute Gasteiger partial charge is 0.383 e. The van der Waals surface area contributed by atoms with Crippen LogP contribution in [0.25, 0.3) is 26.4 Å². The molecule has 1 N–H and O–H groups in total. The molecule has 2 aromatic carbocycles. The van der Waals surface area contributed by atoms with Gasteiger partial charge in [0.15, 0.2) is 4.96 Å². The first-order valence-corrected chi connectivity index (χ1v) is 9.89. The Morgan fingerprint density at radius 1 is 1.19 bits per heavy atom. The number of methoxy groups -OCH3 is 1. The lowest BCUT2D eigenvalue weighted by molar-refractivity contribution is 0.210. The molecule has 0 aliphatic heterocycles. The number of benzene rings is 2. The van der Waals surface area contributed by atoms with E-state index in [1.165, 1.54) is 0 Å². The molecule has 0 unspecified atom stereocenters. The third-order valence-corrected chi connectivity index (χ3v) is 5.70. The van der Waals surface area contributed by atoms with Crippen LogP contribution < -0.4 is 10.2 Å². The third kappa shape index (κ3) is 3.36. The fourth-order valence-corrected chi connectivity index (χ4v) is 4.40. The zero-order valence-corrected chi connectivity index (χ0v) is 17.1. The molecular formula is C20H21ClN4OS. The van der Waals surface area contributed by atoms with E-state index in [-0.39, 0.29) is 0 Å². The summed E-state index contributed by atoms with van der Waals surface area (Å²) in [5, 5.41) is 4.24. The van der Waals surface area contributed by atoms with Gasteiger partial charge in [0.25, 0.3) is 0 Å². The molecule has 0 fully saturated rings. The molecule has 0 saturated heterocycles. The number of hydrogen-bond donors (Lipinski definition) is 1. The SMILES string of the molecule is COCCNc1c(-c2ccc(N(C)C)cc2)nc2sc3cc(Cl)ccc3n12. The van der Waals surface area contributed by atoms with Crippen LogP contribution in [0, 0.1) is 0 Å². The first-order valence-electron chi connectivity index (χ1n) is 8.69. The Morgan fingerprint density at radius 3 is 2.67 bits per heavy atom. The molecule has 0 amide bonds. The molecule has 4 aromatic rings. The van der Waals surface area contributed by atoms with Crippen molar-refractivity contribution in [2.24, 2.45) is 0 Å². The van der Waals surface area contributed by atoms with Gasteiger partial charge in [-0.15, -0.1) is 0 Å². The van der Waals surface area contributed by atoms with Gasteiger partial charge in [-0.2, -0.15) is 0 Å². The Morgan fingerprint density at radius 2 is 1.96 bits per heavy atom. The van der Waals surface area contributed by atoms with Crippen molar-refractivity contribution in [1.29, 1.82) is 0 Å². The van der Waals surface area contributed by atoms with E-state index >= 15 is 0 Å². The van der Waals surface area contributed by atoms with Crippen LogP contribution in [0.15, 0.2) is 42.5 Å². The average molecular weight is 401 g/mol. The monoisotopic (exact) mass is 400 g/mol. The van der Waals surface area contributed by atoms with E-state index in [1.54, 1.807) is 18.4 Å². The number of ether oxygens (including phenoxy) is 1. The predicted molar refractivity (Wildman–Crippen MR) is 116 cm³/mol. The van der Waals surface area contributed by atoms with Gasteiger partial charge in [0, 0.05) is 44.0 Å². The topological polar surface area (TPSA) is 41.8 Å². The molecule has 0 saturated carbocycles. The van der Waals surface area contributed by atoms with Gasteiger partial charge in [-0.05, 0) is 30.3 Å². The summed E-state index contributed by atoms with van der Waals surface area (Å²) < 4.78 is 8.50. The molecule has 4 rings (SSSR count). The van der Waals surface area contributed by atoms with E-state index in [0.717, 1.165) is 43.0 Å². The van der Waals surface area contributed by atoms with Crippen LogP contribution in [0.5, 0.6) is 0 Å². The second-order valence-corrected chi connectivity index (χ2v) is 7.95. The highest BCUT2D eigenvalue weighted by atomic mass is 35.5. The lowest BCUT2D eigenvalue weighted by Gasteiger charge is -2.13. The zero-order valence-electron chi connectivity index (χ0n) is 15.5. The Balaban J connectivity index is 1.86. The van der Waals surface area contributed by atoms with Gasteiger partial charge < -0.3 is 15.0 Å². The summed E-state index contributed by atoms with van der Waals surface area (Å²) in [5.41, 5.74) is 4.29. The molecular weight excluding hydrogens is 380 g/mol. The van der Waals surface area contributed by atoms with Crippen LogP contribution >= 0.6 is 22.9 Å². The van der Waals surface area contributed by atoms with E-state index < -0.39 is 0 Å². The summed E-state index contributed by atoms with van der Waals surface area (Å²) in [7, 11) is 5.78. The van der Waals surface area contributed by atoms with E-state index in [4.69, 9.17) is 21.3 Å². The number of hydrogen-bond acceptors (Lipinski definition) is 5. The van der Waals surface area contributed by atoms with Crippen LogP contribution in [0.4, 0.5) is 11.5 Å². The summed E-state index contributed by atoms with van der Waals surface area (Å²) in [5.74, 6) is 0.980. The van der Waals surface area contributed by atoms with E-state index in [9.17, 15) is 0 Å². The third-order valence-electron chi connectivity index (χ3n) is 4.47. The summed E-state index contributed by atoms with van der Waals surface area (Å²) in [4.78, 5) is 7.96. The maximum absolute atomic E-state index is 6.16. The minimum atomic E-state index is 0.625. The molecule has 0 atom stereocenters. The predicted octanol–water partition coefficient (Wildman–Crippen LogP) is 4.99. The number of fused-ring (bicyclic) bond motifs is 3. The van der Waals surface area contributed by atoms with Gasteiger partial charge in [-0.25, -0.2) is 4.98 Å². The van der Waals surface area contributed by atoms with Crippen molar-refractivity contribution < 1.29 is 4.74 Å². The van der Waals surface area contributed by atoms with Gasteiger partial charge in [0.2, 0.25) is 0 Å². The maximum atomic E-state index is 6.16. The number of thiazole rings is 1. The number of rotatable bonds is 6. The van der Waals surface area contributed by atoms with Gasteiger partial charge in [0.1, 0.15) is 11.5 Å². The molecule has 0 radical (unpaired) electrons. The second kappa shape index (κ2) is 7.38. The highest BCUT2D eigenvalue weighted by Crippen LogP contribution is 2.37. The smallest absolute Gasteiger partial charge is 0.197 e. The molecule has 7 heteroatoms. The number of halogens is 1. The van der Waals surface area contributed by atoms with Crippen LogP contribution in [0.3, 0.4) is 0 Å². The Hall–Kier alpha value is -2.28. The Labute approximate surface area is 167 Å². The quantitative estimate of drug-likeness (QED) is 0.463.